The van der Waals surface area contributed by atoms with Gasteiger partial charge >= 0.3 is 6.18 Å². The molecule has 0 saturated carbocycles. The molecular formula is C21H22F3N7O2. The molecule has 1 aliphatic heterocycles. The maximum atomic E-state index is 13.8. The first kappa shape index (κ1) is 22.9. The number of hydrogen-bond donors (Lipinski definition) is 2. The Morgan fingerprint density at radius 2 is 2.15 bits per heavy atom. The van der Waals surface area contributed by atoms with Gasteiger partial charge in [0.25, 0.3) is 0 Å². The Hall–Kier alpha value is -3.27. The first-order valence-electron chi connectivity index (χ1n) is 10.3. The van der Waals surface area contributed by atoms with Gasteiger partial charge in [-0.1, -0.05) is 5.21 Å². The minimum Gasteiger partial charge on any atom is -0.493 e. The smallest absolute Gasteiger partial charge is 0.419 e. The standard InChI is InChI=1S/C21H22F3N7O2/c1-30-17-10-15(27-16(11-25)20(17)28-29-30)13-3-4-18(14(9-13)21(22,23)24)33-8-2-6-31-7-5-26-19(32)12-31/h3-4,9-10,19,26,32H,2,5-8,12H2,1H3. The average Bonchev–Trinajstić information content (AvgIpc) is 3.16. The number of aryl methyl sites for hydroxylation is 1. The van der Waals surface area contributed by atoms with Crippen LogP contribution in [-0.4, -0.2) is 69.0 Å². The Kier molecular flexibility index (Phi) is 6.46. The first-order chi connectivity index (χ1) is 15.8. The molecule has 3 aromatic rings. The largest absolute Gasteiger partial charge is 0.493 e. The van der Waals surface area contributed by atoms with Crippen molar-refractivity contribution in [3.63, 3.8) is 0 Å². The average molecular weight is 461 g/mol. The second-order valence-electron chi connectivity index (χ2n) is 7.73. The minimum absolute atomic E-state index is 0.0116. The van der Waals surface area contributed by atoms with Gasteiger partial charge in [-0.05, 0) is 30.7 Å². The van der Waals surface area contributed by atoms with E-state index in [1.54, 1.807) is 13.1 Å². The molecule has 1 atom stereocenters. The monoisotopic (exact) mass is 461 g/mol. The number of aliphatic hydroxyl groups is 1. The Morgan fingerprint density at radius 3 is 2.88 bits per heavy atom. The van der Waals surface area contributed by atoms with Crippen molar-refractivity contribution < 1.29 is 23.0 Å². The van der Waals surface area contributed by atoms with Crippen molar-refractivity contribution in [3.05, 3.63) is 35.5 Å². The maximum absolute atomic E-state index is 13.8. The van der Waals surface area contributed by atoms with E-state index in [2.05, 4.69) is 20.6 Å². The molecule has 1 aliphatic rings. The van der Waals surface area contributed by atoms with E-state index in [4.69, 9.17) is 4.74 Å². The second-order valence-corrected chi connectivity index (χ2v) is 7.73. The van der Waals surface area contributed by atoms with Crippen molar-refractivity contribution >= 4 is 11.0 Å². The van der Waals surface area contributed by atoms with Crippen molar-refractivity contribution in [2.45, 2.75) is 18.8 Å². The fourth-order valence-corrected chi connectivity index (χ4v) is 3.76. The molecule has 1 saturated heterocycles. The van der Waals surface area contributed by atoms with Gasteiger partial charge in [-0.25, -0.2) is 9.67 Å². The number of aromatic nitrogens is 4. The summed E-state index contributed by atoms with van der Waals surface area (Å²) in [4.78, 5) is 6.20. The summed E-state index contributed by atoms with van der Waals surface area (Å²) in [5.74, 6) is -0.268. The number of nitrogens with one attached hydrogen (secondary N) is 1. The normalized spacial score (nSPS) is 17.3. The van der Waals surface area contributed by atoms with Gasteiger partial charge in [0.05, 0.1) is 23.4 Å². The van der Waals surface area contributed by atoms with Gasteiger partial charge in [-0.3, -0.25) is 10.2 Å². The quantitative estimate of drug-likeness (QED) is 0.536. The van der Waals surface area contributed by atoms with Gasteiger partial charge in [-0.2, -0.15) is 18.4 Å². The van der Waals surface area contributed by atoms with Gasteiger partial charge in [-0.15, -0.1) is 5.10 Å². The third-order valence-corrected chi connectivity index (χ3v) is 5.40. The fourth-order valence-electron chi connectivity index (χ4n) is 3.76. The third-order valence-electron chi connectivity index (χ3n) is 5.40. The zero-order valence-corrected chi connectivity index (χ0v) is 17.8. The molecule has 0 amide bonds. The molecule has 9 nitrogen and oxygen atoms in total. The number of β-amino-alcohol motifs (C(OH)–C–C–N with tert-alkyl or cyclic N) is 1. The van der Waals surface area contributed by atoms with Gasteiger partial charge in [0, 0.05) is 38.8 Å². The number of hydrogen-bond acceptors (Lipinski definition) is 8. The SMILES string of the molecule is Cn1nnc2c(C#N)nc(-c3ccc(OCCCN4CCNC(O)C4)c(C(F)(F)F)c3)cc21. The van der Waals surface area contributed by atoms with E-state index >= 15 is 0 Å². The molecule has 0 spiro atoms. The number of nitriles is 1. The first-order valence-corrected chi connectivity index (χ1v) is 10.3. The van der Waals surface area contributed by atoms with Crippen molar-refractivity contribution in [2.24, 2.45) is 7.05 Å². The highest BCUT2D eigenvalue weighted by Crippen LogP contribution is 2.39. The molecule has 1 aromatic carbocycles. The van der Waals surface area contributed by atoms with Crippen LogP contribution >= 0.6 is 0 Å². The van der Waals surface area contributed by atoms with Crippen LogP contribution < -0.4 is 10.1 Å². The Balaban J connectivity index is 1.54. The van der Waals surface area contributed by atoms with E-state index in [-0.39, 0.29) is 34.8 Å². The number of rotatable bonds is 6. The topological polar surface area (TPSA) is 112 Å². The van der Waals surface area contributed by atoms with Crippen LogP contribution in [0.15, 0.2) is 24.3 Å². The number of aliphatic hydroxyl groups excluding tert-OH is 1. The Morgan fingerprint density at radius 1 is 1.33 bits per heavy atom. The minimum atomic E-state index is -4.63. The molecule has 4 rings (SSSR count). The van der Waals surface area contributed by atoms with Crippen LogP contribution in [0.25, 0.3) is 22.3 Å². The van der Waals surface area contributed by atoms with Crippen molar-refractivity contribution in [1.29, 1.82) is 5.26 Å². The maximum Gasteiger partial charge on any atom is 0.419 e. The zero-order valence-electron chi connectivity index (χ0n) is 17.8. The van der Waals surface area contributed by atoms with Crippen molar-refractivity contribution in [3.8, 4) is 23.1 Å². The summed E-state index contributed by atoms with van der Waals surface area (Å²) in [6.45, 7) is 2.60. The lowest BCUT2D eigenvalue weighted by molar-refractivity contribution is -0.138. The van der Waals surface area contributed by atoms with Crippen LogP contribution in [0.5, 0.6) is 5.75 Å². The van der Waals surface area contributed by atoms with Crippen molar-refractivity contribution in [2.75, 3.05) is 32.8 Å². The van der Waals surface area contributed by atoms with Gasteiger partial charge in [0.1, 0.15) is 23.6 Å². The predicted molar refractivity (Wildman–Crippen MR) is 112 cm³/mol. The second kappa shape index (κ2) is 9.30. The molecule has 0 radical (unpaired) electrons. The molecule has 2 N–H and O–H groups in total. The number of nitrogens with zero attached hydrogens (tertiary/aromatic N) is 6. The zero-order chi connectivity index (χ0) is 23.6. The lowest BCUT2D eigenvalue weighted by Gasteiger charge is -2.30. The number of pyridine rings is 1. The molecule has 0 bridgehead atoms. The highest BCUT2D eigenvalue weighted by molar-refractivity contribution is 5.83. The summed E-state index contributed by atoms with van der Waals surface area (Å²) in [5, 5.41) is 29.6. The van der Waals surface area contributed by atoms with Gasteiger partial charge in [0.2, 0.25) is 0 Å². The fraction of sp³-hybridized carbons (Fsp3) is 0.429. The number of ether oxygens (including phenoxy) is 1. The molecule has 2 aromatic heterocycles. The molecule has 33 heavy (non-hydrogen) atoms. The van der Waals surface area contributed by atoms with Gasteiger partial charge < -0.3 is 9.84 Å². The summed E-state index contributed by atoms with van der Waals surface area (Å²) in [7, 11) is 1.62. The van der Waals surface area contributed by atoms with Crippen LogP contribution in [0.3, 0.4) is 0 Å². The van der Waals surface area contributed by atoms with Crippen LogP contribution in [0.2, 0.25) is 0 Å². The lowest BCUT2D eigenvalue weighted by atomic mass is 10.1. The van der Waals surface area contributed by atoms with E-state index in [0.717, 1.165) is 12.6 Å². The Labute approximate surface area is 187 Å². The number of piperazine rings is 1. The number of benzene rings is 1. The van der Waals surface area contributed by atoms with E-state index in [1.807, 2.05) is 11.0 Å². The molecule has 0 aliphatic carbocycles. The highest BCUT2D eigenvalue weighted by Gasteiger charge is 2.35. The van der Waals surface area contributed by atoms with E-state index in [9.17, 15) is 23.5 Å². The van der Waals surface area contributed by atoms with Crippen LogP contribution in [0.4, 0.5) is 13.2 Å². The van der Waals surface area contributed by atoms with Crippen LogP contribution in [-0.2, 0) is 13.2 Å². The van der Waals surface area contributed by atoms with E-state index in [0.29, 0.717) is 31.6 Å². The predicted octanol–water partition coefficient (Wildman–Crippen LogP) is 1.91. The number of alkyl halides is 3. The Bertz CT molecular complexity index is 1190. The summed E-state index contributed by atoms with van der Waals surface area (Å²) in [5.41, 5.74) is 0.256. The molecule has 1 fully saturated rings. The van der Waals surface area contributed by atoms with E-state index < -0.39 is 18.0 Å². The summed E-state index contributed by atoms with van der Waals surface area (Å²) in [6, 6.07) is 7.19. The van der Waals surface area contributed by atoms with Gasteiger partial charge in [0.15, 0.2) is 5.69 Å². The molecular weight excluding hydrogens is 439 g/mol. The lowest BCUT2D eigenvalue weighted by Crippen LogP contribution is -2.50. The number of halogens is 3. The van der Waals surface area contributed by atoms with Crippen molar-refractivity contribution in [1.82, 2.24) is 30.2 Å². The molecule has 1 unspecified atom stereocenters. The summed E-state index contributed by atoms with van der Waals surface area (Å²) < 4.78 is 48.2. The third kappa shape index (κ3) is 5.05. The summed E-state index contributed by atoms with van der Waals surface area (Å²) >= 11 is 0. The molecule has 12 heteroatoms. The van der Waals surface area contributed by atoms with Crippen LogP contribution in [0, 0.1) is 11.3 Å². The molecule has 174 valence electrons. The molecule has 3 heterocycles. The summed E-state index contributed by atoms with van der Waals surface area (Å²) in [6.07, 6.45) is -4.71. The van der Waals surface area contributed by atoms with Crippen LogP contribution in [0.1, 0.15) is 17.7 Å². The van der Waals surface area contributed by atoms with E-state index in [1.165, 1.54) is 16.8 Å². The highest BCUT2D eigenvalue weighted by atomic mass is 19.4. The number of fused-ring (bicyclic) bond motifs is 1.